The second-order valence-electron chi connectivity index (χ2n) is 6.37. The summed E-state index contributed by atoms with van der Waals surface area (Å²) >= 11 is 1.30. The van der Waals surface area contributed by atoms with E-state index in [0.29, 0.717) is 53.5 Å². The SMILES string of the molecule is CCOc1ccc(COc2cccc(-c3nc(SC)[nH]c(=O)c3C#N)c2)cc1OCC. The lowest BCUT2D eigenvalue weighted by molar-refractivity contribution is 0.283. The van der Waals surface area contributed by atoms with Crippen LogP contribution >= 0.6 is 11.8 Å². The Bertz CT molecular complexity index is 1150. The van der Waals surface area contributed by atoms with Crippen LogP contribution < -0.4 is 19.8 Å². The molecule has 1 aromatic heterocycles. The van der Waals surface area contributed by atoms with Crippen LogP contribution in [0.3, 0.4) is 0 Å². The number of benzene rings is 2. The number of rotatable bonds is 9. The van der Waals surface area contributed by atoms with Crippen LogP contribution in [0.4, 0.5) is 0 Å². The Morgan fingerprint density at radius 1 is 1.06 bits per heavy atom. The largest absolute Gasteiger partial charge is 0.490 e. The summed E-state index contributed by atoms with van der Waals surface area (Å²) in [5.74, 6) is 1.97. The maximum Gasteiger partial charge on any atom is 0.270 e. The molecule has 0 atom stereocenters. The van der Waals surface area contributed by atoms with Gasteiger partial charge in [-0.05, 0) is 49.9 Å². The van der Waals surface area contributed by atoms with Gasteiger partial charge < -0.3 is 19.2 Å². The summed E-state index contributed by atoms with van der Waals surface area (Å²) in [6.45, 7) is 5.26. The number of aromatic nitrogens is 2. The van der Waals surface area contributed by atoms with Crippen LogP contribution in [0.25, 0.3) is 11.3 Å². The molecule has 0 bridgehead atoms. The van der Waals surface area contributed by atoms with Gasteiger partial charge in [-0.1, -0.05) is 30.0 Å². The Labute approximate surface area is 185 Å². The standard InChI is InChI=1S/C23H23N3O4S/c1-4-28-19-10-9-15(11-20(19)29-5-2)14-30-17-8-6-7-16(12-17)21-18(13-24)22(27)26-23(25-21)31-3/h6-12H,4-5,14H2,1-3H3,(H,25,26,27). The number of ether oxygens (including phenoxy) is 3. The topological polar surface area (TPSA) is 97.2 Å². The second-order valence-corrected chi connectivity index (χ2v) is 7.17. The zero-order valence-electron chi connectivity index (χ0n) is 17.6. The molecule has 0 saturated carbocycles. The molecular weight excluding hydrogens is 414 g/mol. The van der Waals surface area contributed by atoms with Crippen LogP contribution in [0.1, 0.15) is 25.0 Å². The quantitative estimate of drug-likeness (QED) is 0.391. The van der Waals surface area contributed by atoms with Crippen molar-refractivity contribution < 1.29 is 14.2 Å². The molecule has 8 heteroatoms. The third-order valence-corrected chi connectivity index (χ3v) is 4.90. The van der Waals surface area contributed by atoms with E-state index in [9.17, 15) is 10.1 Å². The van der Waals surface area contributed by atoms with Crippen LogP contribution in [0, 0.1) is 11.3 Å². The number of thioether (sulfide) groups is 1. The minimum Gasteiger partial charge on any atom is -0.490 e. The predicted octanol–water partition coefficient (Wildman–Crippen LogP) is 4.41. The van der Waals surface area contributed by atoms with Crippen molar-refractivity contribution in [2.24, 2.45) is 0 Å². The number of hydrogen-bond donors (Lipinski definition) is 1. The number of aromatic amines is 1. The van der Waals surface area contributed by atoms with Gasteiger partial charge in [0.2, 0.25) is 0 Å². The molecule has 0 fully saturated rings. The van der Waals surface area contributed by atoms with Gasteiger partial charge >= 0.3 is 0 Å². The molecule has 3 rings (SSSR count). The van der Waals surface area contributed by atoms with Crippen molar-refractivity contribution in [2.45, 2.75) is 25.6 Å². The van der Waals surface area contributed by atoms with Crippen molar-refractivity contribution >= 4 is 11.8 Å². The van der Waals surface area contributed by atoms with Gasteiger partial charge in [0.25, 0.3) is 5.56 Å². The first kappa shape index (κ1) is 22.2. The van der Waals surface area contributed by atoms with Gasteiger partial charge in [-0.3, -0.25) is 4.79 Å². The van der Waals surface area contributed by atoms with Crippen molar-refractivity contribution in [1.29, 1.82) is 5.26 Å². The lowest BCUT2D eigenvalue weighted by Gasteiger charge is -2.13. The number of nitriles is 1. The Hall–Kier alpha value is -3.44. The number of nitrogens with one attached hydrogen (secondary N) is 1. The predicted molar refractivity (Wildman–Crippen MR) is 120 cm³/mol. The van der Waals surface area contributed by atoms with Crippen LogP contribution in [-0.4, -0.2) is 29.4 Å². The first-order chi connectivity index (χ1) is 15.1. The molecule has 3 aromatic rings. The number of H-pyrrole nitrogens is 1. The highest BCUT2D eigenvalue weighted by Gasteiger charge is 2.14. The van der Waals surface area contributed by atoms with Crippen LogP contribution in [-0.2, 0) is 6.61 Å². The minimum absolute atomic E-state index is 0.0252. The average molecular weight is 438 g/mol. The zero-order valence-corrected chi connectivity index (χ0v) is 18.4. The first-order valence-corrected chi connectivity index (χ1v) is 11.0. The molecule has 0 aliphatic carbocycles. The van der Waals surface area contributed by atoms with E-state index in [0.717, 1.165) is 5.56 Å². The number of hydrogen-bond acceptors (Lipinski definition) is 7. The molecule has 2 aromatic carbocycles. The summed E-state index contributed by atoms with van der Waals surface area (Å²) in [4.78, 5) is 19.2. The summed E-state index contributed by atoms with van der Waals surface area (Å²) in [7, 11) is 0. The highest BCUT2D eigenvalue weighted by atomic mass is 32.2. The van der Waals surface area contributed by atoms with Crippen molar-refractivity contribution in [3.63, 3.8) is 0 Å². The smallest absolute Gasteiger partial charge is 0.270 e. The van der Waals surface area contributed by atoms with Gasteiger partial charge in [0.05, 0.1) is 18.9 Å². The summed E-state index contributed by atoms with van der Waals surface area (Å²) in [6, 6.07) is 14.8. The molecule has 0 spiro atoms. The molecule has 7 nitrogen and oxygen atoms in total. The maximum atomic E-state index is 12.2. The fourth-order valence-electron chi connectivity index (χ4n) is 2.95. The lowest BCUT2D eigenvalue weighted by Crippen LogP contribution is -2.14. The molecule has 0 amide bonds. The molecule has 0 unspecified atom stereocenters. The molecule has 0 saturated heterocycles. The van der Waals surface area contributed by atoms with Gasteiger partial charge in [-0.15, -0.1) is 0 Å². The molecule has 31 heavy (non-hydrogen) atoms. The molecular formula is C23H23N3O4S. The zero-order chi connectivity index (χ0) is 22.2. The molecule has 0 aliphatic rings. The van der Waals surface area contributed by atoms with Crippen LogP contribution in [0.15, 0.2) is 52.4 Å². The van der Waals surface area contributed by atoms with Crippen molar-refractivity contribution in [2.75, 3.05) is 19.5 Å². The van der Waals surface area contributed by atoms with Gasteiger partial charge in [0.15, 0.2) is 16.7 Å². The maximum absolute atomic E-state index is 12.2. The lowest BCUT2D eigenvalue weighted by atomic mass is 10.1. The summed E-state index contributed by atoms with van der Waals surface area (Å²) < 4.78 is 17.2. The Balaban J connectivity index is 1.84. The molecule has 160 valence electrons. The third-order valence-electron chi connectivity index (χ3n) is 4.32. The summed E-state index contributed by atoms with van der Waals surface area (Å²) in [6.07, 6.45) is 1.81. The molecule has 1 N–H and O–H groups in total. The van der Waals surface area contributed by atoms with E-state index in [-0.39, 0.29) is 5.56 Å². The molecule has 1 heterocycles. The highest BCUT2D eigenvalue weighted by molar-refractivity contribution is 7.98. The van der Waals surface area contributed by atoms with E-state index in [4.69, 9.17) is 14.2 Å². The van der Waals surface area contributed by atoms with E-state index in [1.807, 2.05) is 44.2 Å². The second kappa shape index (κ2) is 10.5. The molecule has 0 radical (unpaired) electrons. The first-order valence-electron chi connectivity index (χ1n) is 9.79. The fourth-order valence-corrected chi connectivity index (χ4v) is 3.32. The Morgan fingerprint density at radius 2 is 1.84 bits per heavy atom. The highest BCUT2D eigenvalue weighted by Crippen LogP contribution is 2.30. The van der Waals surface area contributed by atoms with Crippen molar-refractivity contribution in [3.05, 3.63) is 63.9 Å². The van der Waals surface area contributed by atoms with E-state index < -0.39 is 5.56 Å². The van der Waals surface area contributed by atoms with Gasteiger partial charge in [-0.25, -0.2) is 4.98 Å². The summed E-state index contributed by atoms with van der Waals surface area (Å²) in [5, 5.41) is 9.85. The van der Waals surface area contributed by atoms with Gasteiger partial charge in [0.1, 0.15) is 24.0 Å². The minimum atomic E-state index is -0.457. The average Bonchev–Trinajstić information content (AvgIpc) is 2.79. The Kier molecular flexibility index (Phi) is 7.57. The van der Waals surface area contributed by atoms with Crippen molar-refractivity contribution in [1.82, 2.24) is 9.97 Å². The Morgan fingerprint density at radius 3 is 2.55 bits per heavy atom. The van der Waals surface area contributed by atoms with E-state index in [1.54, 1.807) is 24.5 Å². The number of nitrogens with zero attached hydrogens (tertiary/aromatic N) is 2. The van der Waals surface area contributed by atoms with Crippen LogP contribution in [0.2, 0.25) is 0 Å². The van der Waals surface area contributed by atoms with E-state index in [1.165, 1.54) is 11.8 Å². The van der Waals surface area contributed by atoms with Gasteiger partial charge in [0, 0.05) is 5.56 Å². The fraction of sp³-hybridized carbons (Fsp3) is 0.261. The van der Waals surface area contributed by atoms with Crippen molar-refractivity contribution in [3.8, 4) is 34.6 Å². The van der Waals surface area contributed by atoms with Crippen LogP contribution in [0.5, 0.6) is 17.2 Å². The van der Waals surface area contributed by atoms with Gasteiger partial charge in [-0.2, -0.15) is 5.26 Å². The normalized spacial score (nSPS) is 10.4. The summed E-state index contributed by atoms with van der Waals surface area (Å²) in [5.41, 5.74) is 1.41. The van der Waals surface area contributed by atoms with E-state index >= 15 is 0 Å². The third kappa shape index (κ3) is 5.38. The van der Waals surface area contributed by atoms with E-state index in [2.05, 4.69) is 9.97 Å². The monoisotopic (exact) mass is 437 g/mol. The molecule has 0 aliphatic heterocycles.